The number of nitrogens with one attached hydrogen (secondary N) is 1. The van der Waals surface area contributed by atoms with E-state index in [1.807, 2.05) is 38.1 Å². The zero-order chi connectivity index (χ0) is 23.3. The summed E-state index contributed by atoms with van der Waals surface area (Å²) < 4.78 is 46.4. The van der Waals surface area contributed by atoms with Gasteiger partial charge in [0.25, 0.3) is 0 Å². The van der Waals surface area contributed by atoms with Crippen molar-refractivity contribution in [1.82, 2.24) is 9.62 Å². The molecule has 1 heterocycles. The van der Waals surface area contributed by atoms with Crippen molar-refractivity contribution >= 4 is 27.5 Å². The maximum Gasteiger partial charge on any atom is 0.223 e. The number of benzene rings is 2. The second-order valence-electron chi connectivity index (χ2n) is 8.16. The molecule has 1 saturated heterocycles. The summed E-state index contributed by atoms with van der Waals surface area (Å²) in [6, 6.07) is 11.6. The van der Waals surface area contributed by atoms with Crippen LogP contribution in [-0.4, -0.2) is 37.8 Å². The first-order chi connectivity index (χ1) is 15.2. The standard InChI is InChI=1S/C23H28ClFN2O4S/c1-16(2)31-19-8-6-17(7-9-19)14-26-23(28)18-10-12-27(13-11-18)32(29,30)15-20-21(24)4-3-5-22(20)25/h3-9,16,18H,10-15H2,1-2H3,(H,26,28). The van der Waals surface area contributed by atoms with Gasteiger partial charge in [0.05, 0.1) is 11.9 Å². The number of amides is 1. The van der Waals surface area contributed by atoms with Crippen LogP contribution in [-0.2, 0) is 27.1 Å². The Balaban J connectivity index is 1.50. The smallest absolute Gasteiger partial charge is 0.223 e. The van der Waals surface area contributed by atoms with Crippen molar-refractivity contribution in [3.8, 4) is 5.75 Å². The minimum absolute atomic E-state index is 0.0288. The molecule has 0 spiro atoms. The van der Waals surface area contributed by atoms with Gasteiger partial charge in [-0.05, 0) is 56.5 Å². The highest BCUT2D eigenvalue weighted by molar-refractivity contribution is 7.88. The highest BCUT2D eigenvalue weighted by Gasteiger charge is 2.32. The molecule has 32 heavy (non-hydrogen) atoms. The summed E-state index contributed by atoms with van der Waals surface area (Å²) in [7, 11) is -3.73. The molecular weight excluding hydrogens is 455 g/mol. The summed E-state index contributed by atoms with van der Waals surface area (Å²) in [6.45, 7) is 4.74. The second-order valence-corrected chi connectivity index (χ2v) is 10.5. The molecule has 9 heteroatoms. The lowest BCUT2D eigenvalue weighted by Crippen LogP contribution is -2.43. The molecule has 0 radical (unpaired) electrons. The first kappa shape index (κ1) is 24.5. The SMILES string of the molecule is CC(C)Oc1ccc(CNC(=O)C2CCN(S(=O)(=O)Cc3c(F)cccc3Cl)CC2)cc1. The van der Waals surface area contributed by atoms with Crippen molar-refractivity contribution < 1.29 is 22.3 Å². The third kappa shape index (κ3) is 6.43. The molecule has 1 aliphatic heterocycles. The molecule has 6 nitrogen and oxygen atoms in total. The summed E-state index contributed by atoms with van der Waals surface area (Å²) in [5.74, 6) is -0.713. The highest BCUT2D eigenvalue weighted by atomic mass is 35.5. The van der Waals surface area contributed by atoms with Gasteiger partial charge in [0, 0.05) is 36.1 Å². The molecule has 0 aliphatic carbocycles. The Morgan fingerprint density at radius 3 is 2.44 bits per heavy atom. The van der Waals surface area contributed by atoms with Crippen LogP contribution in [0.4, 0.5) is 4.39 Å². The van der Waals surface area contributed by atoms with Crippen LogP contribution in [0, 0.1) is 11.7 Å². The van der Waals surface area contributed by atoms with E-state index in [1.165, 1.54) is 22.5 Å². The fraction of sp³-hybridized carbons (Fsp3) is 0.435. The molecule has 0 unspecified atom stereocenters. The number of piperidine rings is 1. The molecular formula is C23H28ClFN2O4S. The van der Waals surface area contributed by atoms with Crippen LogP contribution in [0.5, 0.6) is 5.75 Å². The normalized spacial score (nSPS) is 15.7. The fourth-order valence-electron chi connectivity index (χ4n) is 3.63. The van der Waals surface area contributed by atoms with Gasteiger partial charge in [-0.25, -0.2) is 17.1 Å². The van der Waals surface area contributed by atoms with E-state index in [-0.39, 0.29) is 41.6 Å². The Hall–Kier alpha value is -2.16. The van der Waals surface area contributed by atoms with Crippen molar-refractivity contribution in [3.05, 3.63) is 64.4 Å². The van der Waals surface area contributed by atoms with E-state index < -0.39 is 21.6 Å². The molecule has 1 N–H and O–H groups in total. The largest absolute Gasteiger partial charge is 0.491 e. The Morgan fingerprint density at radius 1 is 1.19 bits per heavy atom. The zero-order valence-corrected chi connectivity index (χ0v) is 19.8. The Morgan fingerprint density at radius 2 is 1.84 bits per heavy atom. The zero-order valence-electron chi connectivity index (χ0n) is 18.2. The van der Waals surface area contributed by atoms with E-state index in [4.69, 9.17) is 16.3 Å². The number of halogens is 2. The van der Waals surface area contributed by atoms with Gasteiger partial charge in [-0.1, -0.05) is 29.8 Å². The number of hydrogen-bond acceptors (Lipinski definition) is 4. The van der Waals surface area contributed by atoms with Crippen LogP contribution in [0.25, 0.3) is 0 Å². The third-order valence-electron chi connectivity index (χ3n) is 5.37. The molecule has 1 aliphatic rings. The van der Waals surface area contributed by atoms with Crippen molar-refractivity contribution in [2.75, 3.05) is 13.1 Å². The average molecular weight is 483 g/mol. The molecule has 3 rings (SSSR count). The lowest BCUT2D eigenvalue weighted by atomic mass is 9.97. The van der Waals surface area contributed by atoms with Gasteiger partial charge >= 0.3 is 0 Å². The summed E-state index contributed by atoms with van der Waals surface area (Å²) in [5, 5.41) is 3.01. The second kappa shape index (κ2) is 10.6. The van der Waals surface area contributed by atoms with Crippen molar-refractivity contribution in [2.24, 2.45) is 5.92 Å². The van der Waals surface area contributed by atoms with Gasteiger partial charge < -0.3 is 10.1 Å². The molecule has 2 aromatic carbocycles. The number of nitrogens with zero attached hydrogens (tertiary/aromatic N) is 1. The molecule has 1 amide bonds. The quantitative estimate of drug-likeness (QED) is 0.614. The van der Waals surface area contributed by atoms with Crippen LogP contribution in [0.1, 0.15) is 37.8 Å². The number of rotatable bonds is 8. The summed E-state index contributed by atoms with van der Waals surface area (Å²) in [4.78, 5) is 12.5. The maximum absolute atomic E-state index is 14.0. The first-order valence-electron chi connectivity index (χ1n) is 10.6. The van der Waals surface area contributed by atoms with Gasteiger partial charge in [0.15, 0.2) is 0 Å². The Kier molecular flexibility index (Phi) is 8.14. The van der Waals surface area contributed by atoms with Crippen LogP contribution in [0.15, 0.2) is 42.5 Å². The molecule has 0 aromatic heterocycles. The number of ether oxygens (including phenoxy) is 1. The number of hydrogen-bond donors (Lipinski definition) is 1. The lowest BCUT2D eigenvalue weighted by Gasteiger charge is -2.30. The van der Waals surface area contributed by atoms with E-state index >= 15 is 0 Å². The molecule has 174 valence electrons. The minimum Gasteiger partial charge on any atom is -0.491 e. The van der Waals surface area contributed by atoms with E-state index in [1.54, 1.807) is 0 Å². The van der Waals surface area contributed by atoms with Crippen LogP contribution in [0.3, 0.4) is 0 Å². The van der Waals surface area contributed by atoms with Gasteiger partial charge in [-0.2, -0.15) is 0 Å². The predicted octanol–water partition coefficient (Wildman–Crippen LogP) is 4.12. The topological polar surface area (TPSA) is 75.7 Å². The average Bonchev–Trinajstić information content (AvgIpc) is 2.75. The molecule has 1 fully saturated rings. The van der Waals surface area contributed by atoms with E-state index in [9.17, 15) is 17.6 Å². The Labute approximate surface area is 193 Å². The van der Waals surface area contributed by atoms with Crippen molar-refractivity contribution in [3.63, 3.8) is 0 Å². The fourth-order valence-corrected chi connectivity index (χ4v) is 5.55. The van der Waals surface area contributed by atoms with Gasteiger partial charge in [-0.15, -0.1) is 0 Å². The number of sulfonamides is 1. The van der Waals surface area contributed by atoms with Crippen LogP contribution < -0.4 is 10.1 Å². The predicted molar refractivity (Wildman–Crippen MR) is 122 cm³/mol. The summed E-state index contributed by atoms with van der Waals surface area (Å²) >= 11 is 5.97. The van der Waals surface area contributed by atoms with Gasteiger partial charge in [0.2, 0.25) is 15.9 Å². The third-order valence-corrected chi connectivity index (χ3v) is 7.53. The van der Waals surface area contributed by atoms with Gasteiger partial charge in [0.1, 0.15) is 11.6 Å². The minimum atomic E-state index is -3.73. The molecule has 0 bridgehead atoms. The summed E-state index contributed by atoms with van der Waals surface area (Å²) in [5.41, 5.74) is 0.926. The first-order valence-corrected chi connectivity index (χ1v) is 12.6. The van der Waals surface area contributed by atoms with Crippen LogP contribution in [0.2, 0.25) is 5.02 Å². The molecule has 2 aromatic rings. The van der Waals surface area contributed by atoms with Gasteiger partial charge in [-0.3, -0.25) is 4.79 Å². The maximum atomic E-state index is 14.0. The highest BCUT2D eigenvalue weighted by Crippen LogP contribution is 2.26. The van der Waals surface area contributed by atoms with Crippen LogP contribution >= 0.6 is 11.6 Å². The van der Waals surface area contributed by atoms with Crippen molar-refractivity contribution in [2.45, 2.75) is 45.1 Å². The number of carbonyl (C=O) groups is 1. The summed E-state index contributed by atoms with van der Waals surface area (Å²) in [6.07, 6.45) is 0.924. The lowest BCUT2D eigenvalue weighted by molar-refractivity contribution is -0.126. The van der Waals surface area contributed by atoms with E-state index in [2.05, 4.69) is 5.32 Å². The van der Waals surface area contributed by atoms with E-state index in [0.717, 1.165) is 11.3 Å². The molecule has 0 atom stereocenters. The van der Waals surface area contributed by atoms with E-state index in [0.29, 0.717) is 19.4 Å². The Bertz CT molecular complexity index is 1020. The number of carbonyl (C=O) groups excluding carboxylic acids is 1. The van der Waals surface area contributed by atoms with Crippen molar-refractivity contribution in [1.29, 1.82) is 0 Å². The monoisotopic (exact) mass is 482 g/mol. The molecule has 0 saturated carbocycles.